The Morgan fingerprint density at radius 1 is 1.00 bits per heavy atom. The zero-order chi connectivity index (χ0) is 22.0. The van der Waals surface area contributed by atoms with E-state index in [9.17, 15) is 9.90 Å². The maximum Gasteiger partial charge on any atom is 0.205 e. The lowest BCUT2D eigenvalue weighted by atomic mass is 10.0. The van der Waals surface area contributed by atoms with Gasteiger partial charge in [-0.05, 0) is 30.3 Å². The number of thiophene rings is 2. The third kappa shape index (κ3) is 2.62. The van der Waals surface area contributed by atoms with Crippen molar-refractivity contribution >= 4 is 71.2 Å². The minimum Gasteiger partial charge on any atom is -0.506 e. The number of fused-ring (bicyclic) bond motifs is 3. The molecule has 0 saturated heterocycles. The molecule has 0 aliphatic heterocycles. The lowest BCUT2D eigenvalue weighted by molar-refractivity contribution is 0.104. The summed E-state index contributed by atoms with van der Waals surface area (Å²) in [7, 11) is 0. The van der Waals surface area contributed by atoms with Gasteiger partial charge in [-0.1, -0.05) is 18.2 Å². The summed E-state index contributed by atoms with van der Waals surface area (Å²) in [5.74, 6) is 0.482. The van der Waals surface area contributed by atoms with Gasteiger partial charge in [0, 0.05) is 17.1 Å². The lowest BCUT2D eigenvalue weighted by Gasteiger charge is -2.06. The highest BCUT2D eigenvalue weighted by Crippen LogP contribution is 2.48. The summed E-state index contributed by atoms with van der Waals surface area (Å²) >= 11 is 2.78. The number of aromatic nitrogens is 3. The van der Waals surface area contributed by atoms with Crippen LogP contribution in [0.2, 0.25) is 0 Å². The molecule has 0 unspecified atom stereocenters. The third-order valence-electron chi connectivity index (χ3n) is 5.43. The Labute approximate surface area is 189 Å². The van der Waals surface area contributed by atoms with Crippen molar-refractivity contribution in [3.63, 3.8) is 0 Å². The lowest BCUT2D eigenvalue weighted by Crippen LogP contribution is -2.03. The first-order valence-electron chi connectivity index (χ1n) is 9.69. The smallest absolute Gasteiger partial charge is 0.205 e. The summed E-state index contributed by atoms with van der Waals surface area (Å²) in [5.41, 5.74) is 16.4. The first-order chi connectivity index (χ1) is 15.5. The summed E-state index contributed by atoms with van der Waals surface area (Å²) in [5, 5.41) is 11.3. The van der Waals surface area contributed by atoms with Crippen LogP contribution in [-0.4, -0.2) is 25.8 Å². The maximum absolute atomic E-state index is 13.4. The summed E-state index contributed by atoms with van der Waals surface area (Å²) < 4.78 is 0.861. The fraction of sp³-hybridized carbons (Fsp3) is 0. The molecule has 0 radical (unpaired) electrons. The maximum atomic E-state index is 13.4. The van der Waals surface area contributed by atoms with Crippen LogP contribution < -0.4 is 11.5 Å². The molecule has 0 fully saturated rings. The number of nitrogens with one attached hydrogen (secondary N) is 1. The van der Waals surface area contributed by atoms with Crippen LogP contribution in [0.3, 0.4) is 0 Å². The highest BCUT2D eigenvalue weighted by atomic mass is 32.2. The molecule has 4 aromatic heterocycles. The molecule has 2 aromatic carbocycles. The Morgan fingerprint density at radius 2 is 1.84 bits per heavy atom. The Kier molecular flexibility index (Phi) is 3.98. The number of nitrogens with two attached hydrogens (primary N) is 2. The van der Waals surface area contributed by atoms with Gasteiger partial charge in [-0.25, -0.2) is 4.98 Å². The first-order valence-corrected chi connectivity index (χ1v) is 11.3. The number of hydrogen-bond acceptors (Lipinski definition) is 8. The van der Waals surface area contributed by atoms with Crippen LogP contribution >= 0.6 is 22.7 Å². The SMILES string of the molecule is Nc1c(C(=O)c2ccc(O)c3ncccc23)sc2sc(-c3nc4ccccc4[nH]3)c(N)c12. The predicted octanol–water partition coefficient (Wildman–Crippen LogP) is 5.16. The number of aromatic amines is 1. The second-order valence-corrected chi connectivity index (χ2v) is 9.62. The molecule has 7 nitrogen and oxygen atoms in total. The molecule has 6 N–H and O–H groups in total. The fourth-order valence-electron chi connectivity index (χ4n) is 3.89. The van der Waals surface area contributed by atoms with Crippen LogP contribution in [0.5, 0.6) is 5.75 Å². The molecule has 0 atom stereocenters. The van der Waals surface area contributed by atoms with Gasteiger partial charge in [0.15, 0.2) is 5.82 Å². The van der Waals surface area contributed by atoms with E-state index < -0.39 is 0 Å². The van der Waals surface area contributed by atoms with E-state index in [-0.39, 0.29) is 11.5 Å². The number of nitrogens with zero attached hydrogens (tertiary/aromatic N) is 2. The summed E-state index contributed by atoms with van der Waals surface area (Å²) in [6, 6.07) is 14.3. The van der Waals surface area contributed by atoms with E-state index in [2.05, 4.69) is 15.0 Å². The molecule has 0 bridgehead atoms. The number of nitrogen functional groups attached to an aromatic ring is 2. The van der Waals surface area contributed by atoms with Crippen LogP contribution in [-0.2, 0) is 0 Å². The van der Waals surface area contributed by atoms with Gasteiger partial charge in [-0.3, -0.25) is 9.78 Å². The summed E-state index contributed by atoms with van der Waals surface area (Å²) in [4.78, 5) is 26.8. The van der Waals surface area contributed by atoms with E-state index in [0.29, 0.717) is 43.9 Å². The van der Waals surface area contributed by atoms with Crippen molar-refractivity contribution in [2.75, 3.05) is 11.5 Å². The van der Waals surface area contributed by atoms with Crippen molar-refractivity contribution in [2.24, 2.45) is 0 Å². The molecule has 6 rings (SSSR count). The summed E-state index contributed by atoms with van der Waals surface area (Å²) in [6.07, 6.45) is 1.58. The minimum atomic E-state index is -0.224. The second-order valence-electron chi connectivity index (χ2n) is 7.32. The largest absolute Gasteiger partial charge is 0.506 e. The topological polar surface area (TPSA) is 131 Å². The number of aromatic hydroxyl groups is 1. The number of imidazole rings is 1. The van der Waals surface area contributed by atoms with Crippen molar-refractivity contribution in [1.29, 1.82) is 0 Å². The van der Waals surface area contributed by atoms with E-state index in [4.69, 9.17) is 11.5 Å². The van der Waals surface area contributed by atoms with Gasteiger partial charge < -0.3 is 21.6 Å². The molecule has 0 aliphatic rings. The Morgan fingerprint density at radius 3 is 2.66 bits per heavy atom. The van der Waals surface area contributed by atoms with E-state index in [1.165, 1.54) is 28.7 Å². The number of rotatable bonds is 3. The number of pyridine rings is 1. The Bertz CT molecular complexity index is 1660. The average molecular weight is 458 g/mol. The molecular formula is C23H15N5O2S2. The second kappa shape index (κ2) is 6.78. The van der Waals surface area contributed by atoms with Crippen molar-refractivity contribution in [1.82, 2.24) is 15.0 Å². The predicted molar refractivity (Wildman–Crippen MR) is 130 cm³/mol. The normalized spacial score (nSPS) is 11.6. The molecule has 9 heteroatoms. The quantitative estimate of drug-likeness (QED) is 0.272. The number of phenols is 1. The number of benzene rings is 2. The zero-order valence-corrected chi connectivity index (χ0v) is 18.1. The fourth-order valence-corrected chi connectivity index (χ4v) is 6.39. The molecular weight excluding hydrogens is 442 g/mol. The van der Waals surface area contributed by atoms with Gasteiger partial charge >= 0.3 is 0 Å². The van der Waals surface area contributed by atoms with Crippen LogP contribution in [0.25, 0.3) is 42.0 Å². The van der Waals surface area contributed by atoms with E-state index in [1.807, 2.05) is 24.3 Å². The van der Waals surface area contributed by atoms with Gasteiger partial charge in [-0.15, -0.1) is 22.7 Å². The molecule has 4 heterocycles. The highest BCUT2D eigenvalue weighted by molar-refractivity contribution is 7.41. The number of para-hydroxylation sites is 2. The molecule has 32 heavy (non-hydrogen) atoms. The van der Waals surface area contributed by atoms with E-state index in [1.54, 1.807) is 24.4 Å². The molecule has 0 spiro atoms. The van der Waals surface area contributed by atoms with E-state index in [0.717, 1.165) is 19.9 Å². The van der Waals surface area contributed by atoms with Crippen molar-refractivity contribution in [3.05, 3.63) is 65.2 Å². The first kappa shape index (κ1) is 18.8. The highest BCUT2D eigenvalue weighted by Gasteiger charge is 2.25. The van der Waals surface area contributed by atoms with Gasteiger partial charge in [0.1, 0.15) is 16.1 Å². The van der Waals surface area contributed by atoms with Gasteiger partial charge in [0.2, 0.25) is 5.78 Å². The number of phenolic OH excluding ortho intramolecular Hbond substituents is 1. The van der Waals surface area contributed by atoms with Gasteiger partial charge in [0.25, 0.3) is 0 Å². The van der Waals surface area contributed by atoms with Crippen LogP contribution in [0.1, 0.15) is 15.2 Å². The summed E-state index contributed by atoms with van der Waals surface area (Å²) in [6.45, 7) is 0. The minimum absolute atomic E-state index is 0.0250. The van der Waals surface area contributed by atoms with Crippen LogP contribution in [0.4, 0.5) is 11.4 Å². The Hall–Kier alpha value is -3.95. The number of carbonyl (C=O) groups excluding carboxylic acids is 1. The number of ketones is 1. The third-order valence-corrected chi connectivity index (χ3v) is 7.93. The van der Waals surface area contributed by atoms with Gasteiger partial charge in [0.05, 0.1) is 36.7 Å². The average Bonchev–Trinajstić information content (AvgIpc) is 3.47. The number of carbonyl (C=O) groups is 1. The standard InChI is InChI=1S/C23H15N5O2S2/c24-16-15-17(25)21(22-27-12-5-1-2-6-13(12)28-22)32-23(15)31-20(16)19(30)11-7-8-14(29)18-10(11)4-3-9-26-18/h1-9,29H,24-25H2,(H,27,28). The molecule has 0 amide bonds. The van der Waals surface area contributed by atoms with Crippen molar-refractivity contribution < 1.29 is 9.90 Å². The van der Waals surface area contributed by atoms with Crippen molar-refractivity contribution in [3.8, 4) is 16.5 Å². The number of hydrogen-bond donors (Lipinski definition) is 4. The molecule has 0 aliphatic carbocycles. The molecule has 6 aromatic rings. The monoisotopic (exact) mass is 457 g/mol. The molecule has 156 valence electrons. The van der Waals surface area contributed by atoms with Crippen LogP contribution in [0, 0.1) is 0 Å². The van der Waals surface area contributed by atoms with Crippen molar-refractivity contribution in [2.45, 2.75) is 0 Å². The van der Waals surface area contributed by atoms with E-state index >= 15 is 0 Å². The number of anilines is 2. The Balaban J connectivity index is 1.49. The zero-order valence-electron chi connectivity index (χ0n) is 16.4. The van der Waals surface area contributed by atoms with Crippen LogP contribution in [0.15, 0.2) is 54.7 Å². The van der Waals surface area contributed by atoms with Gasteiger partial charge in [-0.2, -0.15) is 0 Å². The molecule has 0 saturated carbocycles. The number of H-pyrrole nitrogens is 1.